The third-order valence-corrected chi connectivity index (χ3v) is 6.64. The van der Waals surface area contributed by atoms with Crippen LogP contribution in [0.4, 0.5) is 5.69 Å². The first kappa shape index (κ1) is 23.5. The van der Waals surface area contributed by atoms with Gasteiger partial charge in [-0.1, -0.05) is 51.1 Å². The monoisotopic (exact) mass is 456 g/mol. The molecule has 1 aliphatic heterocycles. The van der Waals surface area contributed by atoms with Gasteiger partial charge in [0.05, 0.1) is 11.4 Å². The Kier molecular flexibility index (Phi) is 6.98. The Balaban J connectivity index is 1.77. The van der Waals surface area contributed by atoms with Gasteiger partial charge < -0.3 is 10.2 Å². The van der Waals surface area contributed by atoms with Crippen molar-refractivity contribution in [2.45, 2.75) is 38.1 Å². The number of hydrogen-bond donors (Lipinski definition) is 2. The van der Waals surface area contributed by atoms with Crippen molar-refractivity contribution in [3.8, 4) is 0 Å². The molecule has 1 heterocycles. The quantitative estimate of drug-likeness (QED) is 0.667. The second-order valence-corrected chi connectivity index (χ2v) is 9.67. The van der Waals surface area contributed by atoms with E-state index in [0.29, 0.717) is 5.56 Å². The number of aryl methyl sites for hydroxylation is 1. The Morgan fingerprint density at radius 2 is 1.75 bits per heavy atom. The van der Waals surface area contributed by atoms with Crippen LogP contribution in [0.2, 0.25) is 0 Å². The van der Waals surface area contributed by atoms with Crippen LogP contribution in [0.1, 0.15) is 31.9 Å². The minimum Gasteiger partial charge on any atom is -0.335 e. The lowest BCUT2D eigenvalue weighted by molar-refractivity contribution is -0.135. The number of carbonyl (C=O) groups excluding carboxylic acids is 2. The van der Waals surface area contributed by atoms with Gasteiger partial charge in [-0.25, -0.2) is 8.42 Å². The van der Waals surface area contributed by atoms with Gasteiger partial charge in [-0.2, -0.15) is 0 Å². The van der Waals surface area contributed by atoms with Crippen LogP contribution in [-0.4, -0.2) is 50.6 Å². The van der Waals surface area contributed by atoms with Gasteiger partial charge in [-0.15, -0.1) is 0 Å². The highest BCUT2D eigenvalue weighted by atomic mass is 32.2. The van der Waals surface area contributed by atoms with Gasteiger partial charge in [-0.3, -0.25) is 19.3 Å². The van der Waals surface area contributed by atoms with E-state index in [4.69, 9.17) is 0 Å². The van der Waals surface area contributed by atoms with Crippen LogP contribution in [0, 0.1) is 5.92 Å². The average molecular weight is 457 g/mol. The summed E-state index contributed by atoms with van der Waals surface area (Å²) in [5.41, 5.74) is 2.16. The summed E-state index contributed by atoms with van der Waals surface area (Å²) in [6.07, 6.45) is 0.773. The second-order valence-electron chi connectivity index (χ2n) is 8.02. The molecule has 2 aromatic carbocycles. The predicted octanol–water partition coefficient (Wildman–Crippen LogP) is 2.41. The number of rotatable bonds is 7. The van der Waals surface area contributed by atoms with Gasteiger partial charge in [0, 0.05) is 18.3 Å². The predicted molar refractivity (Wildman–Crippen MR) is 124 cm³/mol. The summed E-state index contributed by atoms with van der Waals surface area (Å²) in [6.45, 7) is 5.51. The van der Waals surface area contributed by atoms with E-state index in [9.17, 15) is 18.0 Å². The van der Waals surface area contributed by atoms with E-state index in [2.05, 4.69) is 15.0 Å². The fraction of sp³-hybridized carbons (Fsp3) is 0.348. The van der Waals surface area contributed by atoms with E-state index in [1.165, 1.54) is 18.0 Å². The number of likely N-dealkylation sites (N-methyl/N-ethyl adjacent to an activating group) is 1. The Hall–Kier alpha value is -3.20. The summed E-state index contributed by atoms with van der Waals surface area (Å²) >= 11 is 0. The molecule has 1 aliphatic rings. The highest BCUT2D eigenvalue weighted by Crippen LogP contribution is 2.24. The summed E-state index contributed by atoms with van der Waals surface area (Å²) in [7, 11) is -2.16. The number of hydrogen-bond acceptors (Lipinski definition) is 5. The molecule has 0 saturated carbocycles. The Labute approximate surface area is 188 Å². The minimum absolute atomic E-state index is 0.135. The van der Waals surface area contributed by atoms with Crippen LogP contribution in [-0.2, 0) is 26.0 Å². The molecular weight excluding hydrogens is 428 g/mol. The van der Waals surface area contributed by atoms with Crippen molar-refractivity contribution in [1.29, 1.82) is 0 Å². The Morgan fingerprint density at radius 3 is 2.44 bits per heavy atom. The summed E-state index contributed by atoms with van der Waals surface area (Å²) in [4.78, 5) is 31.6. The minimum atomic E-state index is -3.70. The lowest BCUT2D eigenvalue weighted by Gasteiger charge is -2.24. The smallest absolute Gasteiger partial charge is 0.263 e. The number of aliphatic imine (C=N–C) groups is 1. The molecule has 0 unspecified atom stereocenters. The first-order valence-corrected chi connectivity index (χ1v) is 11.9. The summed E-state index contributed by atoms with van der Waals surface area (Å²) < 4.78 is 27.1. The highest BCUT2D eigenvalue weighted by Gasteiger charge is 2.33. The van der Waals surface area contributed by atoms with Crippen molar-refractivity contribution in [2.75, 3.05) is 18.9 Å². The number of amidine groups is 1. The first-order valence-electron chi connectivity index (χ1n) is 10.5. The number of nitrogens with one attached hydrogen (secondary N) is 2. The van der Waals surface area contributed by atoms with E-state index in [-0.39, 0.29) is 35.0 Å². The molecule has 9 heteroatoms. The molecule has 0 spiro atoms. The summed E-state index contributed by atoms with van der Waals surface area (Å²) in [6, 6.07) is 13.2. The average Bonchev–Trinajstić information content (AvgIpc) is 3.01. The maximum atomic E-state index is 13.1. The third kappa shape index (κ3) is 4.99. The molecule has 0 aromatic heterocycles. The molecule has 1 atom stereocenters. The normalized spacial score (nSPS) is 16.3. The zero-order valence-corrected chi connectivity index (χ0v) is 19.4. The molecule has 32 heavy (non-hydrogen) atoms. The standard InChI is InChI=1S/C23H28N4O4S/c1-5-16-10-6-8-12-18(16)24-20(28)14-27(4)23(29)21(15(2)3)25-22-17-11-7-9-13-19(17)32(30,31)26-22/h6-13,15,21H,5,14H2,1-4H3,(H,24,28)(H,25,26)/t21-/m0/s1. The highest BCUT2D eigenvalue weighted by molar-refractivity contribution is 7.90. The molecule has 8 nitrogen and oxygen atoms in total. The topological polar surface area (TPSA) is 108 Å². The number of nitrogens with zero attached hydrogens (tertiary/aromatic N) is 2. The molecule has 2 aromatic rings. The van der Waals surface area contributed by atoms with Crippen LogP contribution < -0.4 is 10.0 Å². The number of fused-ring (bicyclic) bond motifs is 1. The SMILES string of the molecule is CCc1ccccc1NC(=O)CN(C)C(=O)[C@@H](N=C1NS(=O)(=O)c2ccccc21)C(C)C. The molecule has 0 bridgehead atoms. The summed E-state index contributed by atoms with van der Waals surface area (Å²) in [5, 5.41) is 2.85. The molecule has 0 aliphatic carbocycles. The van der Waals surface area contributed by atoms with E-state index in [0.717, 1.165) is 17.7 Å². The van der Waals surface area contributed by atoms with Crippen LogP contribution in [0.15, 0.2) is 58.4 Å². The number of amides is 2. The molecule has 2 amide bonds. The fourth-order valence-corrected chi connectivity index (χ4v) is 4.76. The first-order chi connectivity index (χ1) is 15.1. The molecule has 2 N–H and O–H groups in total. The van der Waals surface area contributed by atoms with Crippen molar-refractivity contribution in [3.63, 3.8) is 0 Å². The zero-order valence-electron chi connectivity index (χ0n) is 18.6. The van der Waals surface area contributed by atoms with E-state index >= 15 is 0 Å². The Morgan fingerprint density at radius 1 is 1.09 bits per heavy atom. The molecule has 170 valence electrons. The van der Waals surface area contributed by atoms with Crippen molar-refractivity contribution < 1.29 is 18.0 Å². The number of anilines is 1. The zero-order chi connectivity index (χ0) is 23.5. The van der Waals surface area contributed by atoms with Crippen LogP contribution in [0.5, 0.6) is 0 Å². The van der Waals surface area contributed by atoms with Gasteiger partial charge in [0.25, 0.3) is 10.0 Å². The largest absolute Gasteiger partial charge is 0.335 e. The summed E-state index contributed by atoms with van der Waals surface area (Å²) in [5.74, 6) is -0.750. The second kappa shape index (κ2) is 9.52. The van der Waals surface area contributed by atoms with Crippen LogP contribution in [0.25, 0.3) is 0 Å². The van der Waals surface area contributed by atoms with E-state index in [1.54, 1.807) is 18.2 Å². The molecule has 0 fully saturated rings. The number of carbonyl (C=O) groups is 2. The van der Waals surface area contributed by atoms with Gasteiger partial charge in [0.1, 0.15) is 11.9 Å². The number of para-hydroxylation sites is 1. The van der Waals surface area contributed by atoms with Gasteiger partial charge in [0.2, 0.25) is 11.8 Å². The van der Waals surface area contributed by atoms with Crippen LogP contribution in [0.3, 0.4) is 0 Å². The van der Waals surface area contributed by atoms with Crippen molar-refractivity contribution in [3.05, 3.63) is 59.7 Å². The van der Waals surface area contributed by atoms with Crippen molar-refractivity contribution in [2.24, 2.45) is 10.9 Å². The van der Waals surface area contributed by atoms with Crippen LogP contribution >= 0.6 is 0 Å². The maximum absolute atomic E-state index is 13.1. The number of sulfonamides is 1. The molecule has 3 rings (SSSR count). The molecule has 0 radical (unpaired) electrons. The van der Waals surface area contributed by atoms with Gasteiger partial charge >= 0.3 is 0 Å². The van der Waals surface area contributed by atoms with Gasteiger partial charge in [-0.05, 0) is 36.1 Å². The van der Waals surface area contributed by atoms with Crippen molar-refractivity contribution >= 4 is 33.4 Å². The van der Waals surface area contributed by atoms with Crippen molar-refractivity contribution in [1.82, 2.24) is 9.62 Å². The maximum Gasteiger partial charge on any atom is 0.263 e. The van der Waals surface area contributed by atoms with Gasteiger partial charge in [0.15, 0.2) is 0 Å². The lowest BCUT2D eigenvalue weighted by atomic mass is 10.0. The van der Waals surface area contributed by atoms with E-state index < -0.39 is 16.1 Å². The Bertz CT molecular complexity index is 1160. The van der Waals surface area contributed by atoms with E-state index in [1.807, 2.05) is 45.0 Å². The molecular formula is C23H28N4O4S. The fourth-order valence-electron chi connectivity index (χ4n) is 3.52. The molecule has 0 saturated heterocycles. The number of benzene rings is 2. The third-order valence-electron chi connectivity index (χ3n) is 5.24. The lowest BCUT2D eigenvalue weighted by Crippen LogP contribution is -2.43.